The number of nitrogens with one attached hydrogen (secondary N) is 1. The number of nitriles is 1. The zero-order chi connectivity index (χ0) is 20.1. The summed E-state index contributed by atoms with van der Waals surface area (Å²) in [7, 11) is 4.40. The van der Waals surface area contributed by atoms with Crippen molar-refractivity contribution in [2.45, 2.75) is 6.92 Å². The lowest BCUT2D eigenvalue weighted by molar-refractivity contribution is -0.112. The number of rotatable bonds is 5. The van der Waals surface area contributed by atoms with Crippen molar-refractivity contribution in [2.75, 3.05) is 26.5 Å². The largest absolute Gasteiger partial charge is 0.465 e. The third kappa shape index (κ3) is 4.42. The molecule has 0 aliphatic rings. The zero-order valence-electron chi connectivity index (χ0n) is 15.2. The molecule has 0 unspecified atom stereocenters. The molecule has 2 aromatic heterocycles. The molecule has 0 aromatic carbocycles. The summed E-state index contributed by atoms with van der Waals surface area (Å²) in [6.07, 6.45) is 1.45. The number of carbonyl (C=O) groups is 3. The van der Waals surface area contributed by atoms with E-state index in [1.54, 1.807) is 32.5 Å². The molecule has 0 saturated heterocycles. The van der Waals surface area contributed by atoms with Crippen LogP contribution in [0.5, 0.6) is 0 Å². The molecule has 0 atom stereocenters. The van der Waals surface area contributed by atoms with Crippen LogP contribution in [0.4, 0.5) is 5.00 Å². The monoisotopic (exact) mass is 403 g/mol. The van der Waals surface area contributed by atoms with Gasteiger partial charge in [0, 0.05) is 14.1 Å². The molecule has 2 rings (SSSR count). The third-order valence-corrected chi connectivity index (χ3v) is 5.48. The van der Waals surface area contributed by atoms with Crippen LogP contribution in [0.1, 0.15) is 31.2 Å². The molecule has 27 heavy (non-hydrogen) atoms. The lowest BCUT2D eigenvalue weighted by Gasteiger charge is -2.08. The van der Waals surface area contributed by atoms with Gasteiger partial charge in [-0.05, 0) is 41.0 Å². The smallest absolute Gasteiger partial charge is 0.341 e. The normalized spacial score (nSPS) is 10.9. The van der Waals surface area contributed by atoms with Gasteiger partial charge in [-0.3, -0.25) is 9.59 Å². The minimum absolute atomic E-state index is 0.105. The molecule has 140 valence electrons. The van der Waals surface area contributed by atoms with Crippen LogP contribution in [0.3, 0.4) is 0 Å². The Labute approximate surface area is 164 Å². The number of esters is 1. The summed E-state index contributed by atoms with van der Waals surface area (Å²) >= 11 is 2.41. The first-order valence-corrected chi connectivity index (χ1v) is 9.44. The van der Waals surface area contributed by atoms with Gasteiger partial charge in [0.25, 0.3) is 11.8 Å². The Morgan fingerprint density at radius 1 is 1.33 bits per heavy atom. The average Bonchev–Trinajstić information content (AvgIpc) is 3.26. The second-order valence-electron chi connectivity index (χ2n) is 5.63. The number of hydrogen-bond acceptors (Lipinski definition) is 7. The van der Waals surface area contributed by atoms with Gasteiger partial charge in [-0.1, -0.05) is 0 Å². The molecular weight excluding hydrogens is 386 g/mol. The Morgan fingerprint density at radius 2 is 2.04 bits per heavy atom. The number of nitrogens with zero attached hydrogens (tertiary/aromatic N) is 2. The van der Waals surface area contributed by atoms with E-state index in [2.05, 4.69) is 5.32 Å². The molecule has 0 spiro atoms. The molecule has 0 saturated carbocycles. The minimum Gasteiger partial charge on any atom is -0.465 e. The van der Waals surface area contributed by atoms with Crippen molar-refractivity contribution < 1.29 is 19.1 Å². The average molecular weight is 403 g/mol. The summed E-state index contributed by atoms with van der Waals surface area (Å²) in [5.74, 6) is -1.63. The maximum absolute atomic E-state index is 12.5. The van der Waals surface area contributed by atoms with Crippen LogP contribution in [0.2, 0.25) is 0 Å². The second kappa shape index (κ2) is 8.62. The molecule has 2 aromatic rings. The molecule has 2 heterocycles. The van der Waals surface area contributed by atoms with Gasteiger partial charge in [-0.15, -0.1) is 11.3 Å². The van der Waals surface area contributed by atoms with Crippen LogP contribution in [-0.2, 0) is 9.53 Å². The van der Waals surface area contributed by atoms with Crippen LogP contribution in [-0.4, -0.2) is 43.9 Å². The Morgan fingerprint density at radius 3 is 2.56 bits per heavy atom. The van der Waals surface area contributed by atoms with Crippen LogP contribution in [0.25, 0.3) is 6.08 Å². The maximum Gasteiger partial charge on any atom is 0.341 e. The highest BCUT2D eigenvalue weighted by Gasteiger charge is 2.27. The highest BCUT2D eigenvalue weighted by Crippen LogP contribution is 2.34. The van der Waals surface area contributed by atoms with Gasteiger partial charge < -0.3 is 15.0 Å². The maximum atomic E-state index is 12.5. The van der Waals surface area contributed by atoms with Gasteiger partial charge in [0.1, 0.15) is 16.6 Å². The van der Waals surface area contributed by atoms with Crippen molar-refractivity contribution in [3.8, 4) is 6.07 Å². The predicted molar refractivity (Wildman–Crippen MR) is 105 cm³/mol. The van der Waals surface area contributed by atoms with Gasteiger partial charge in [0.05, 0.1) is 17.6 Å². The van der Waals surface area contributed by atoms with E-state index < -0.39 is 11.9 Å². The molecule has 0 fully saturated rings. The molecule has 7 nitrogen and oxygen atoms in total. The fraction of sp³-hybridized carbons (Fsp3) is 0.222. The van der Waals surface area contributed by atoms with Gasteiger partial charge in [0.2, 0.25) is 0 Å². The van der Waals surface area contributed by atoms with Crippen LogP contribution in [0.15, 0.2) is 22.4 Å². The molecule has 2 amide bonds. The number of carbonyl (C=O) groups excluding carboxylic acids is 3. The fourth-order valence-corrected chi connectivity index (χ4v) is 4.03. The van der Waals surface area contributed by atoms with E-state index in [1.807, 2.05) is 11.4 Å². The molecule has 1 N–H and O–H groups in total. The first-order chi connectivity index (χ1) is 12.8. The fourth-order valence-electron chi connectivity index (χ4n) is 2.20. The summed E-state index contributed by atoms with van der Waals surface area (Å²) in [5.41, 5.74) is 1.14. The number of thiophene rings is 2. The topological polar surface area (TPSA) is 99.5 Å². The summed E-state index contributed by atoms with van der Waals surface area (Å²) in [4.78, 5) is 38.7. The molecule has 0 bridgehead atoms. The van der Waals surface area contributed by atoms with Gasteiger partial charge >= 0.3 is 5.97 Å². The van der Waals surface area contributed by atoms with Gasteiger partial charge in [-0.25, -0.2) is 4.79 Å². The second-order valence-corrected chi connectivity index (χ2v) is 7.43. The number of amides is 2. The summed E-state index contributed by atoms with van der Waals surface area (Å²) < 4.78 is 4.78. The van der Waals surface area contributed by atoms with Crippen molar-refractivity contribution in [3.63, 3.8) is 0 Å². The van der Waals surface area contributed by atoms with Crippen molar-refractivity contribution >= 4 is 51.5 Å². The Hall–Kier alpha value is -2.96. The summed E-state index contributed by atoms with van der Waals surface area (Å²) in [5, 5.41) is 15.7. The number of anilines is 1. The van der Waals surface area contributed by atoms with E-state index in [0.29, 0.717) is 10.4 Å². The van der Waals surface area contributed by atoms with Gasteiger partial charge in [0.15, 0.2) is 0 Å². The van der Waals surface area contributed by atoms with Crippen molar-refractivity contribution in [1.29, 1.82) is 5.26 Å². The standard InChI is InChI=1S/C18H17N3O4S2/c1-10-13(18(24)25-4)16(27-14(10)17(23)21(2)3)20-15(22)12(8-19)7-11-5-6-26-9-11/h5-7,9H,1-4H3,(H,20,22). The SMILES string of the molecule is COC(=O)c1c(NC(=O)C(C#N)=Cc2ccsc2)sc(C(=O)N(C)C)c1C. The van der Waals surface area contributed by atoms with Crippen LogP contribution in [0, 0.1) is 18.3 Å². The summed E-state index contributed by atoms with van der Waals surface area (Å²) in [6.45, 7) is 1.61. The summed E-state index contributed by atoms with van der Waals surface area (Å²) in [6, 6.07) is 3.63. The Balaban J connectivity index is 2.43. The highest BCUT2D eigenvalue weighted by atomic mass is 32.1. The quantitative estimate of drug-likeness (QED) is 0.470. The van der Waals surface area contributed by atoms with E-state index in [0.717, 1.165) is 16.9 Å². The lowest BCUT2D eigenvalue weighted by Crippen LogP contribution is -2.21. The zero-order valence-corrected chi connectivity index (χ0v) is 16.8. The first kappa shape index (κ1) is 20.4. The molecular formula is C18H17N3O4S2. The van der Waals surface area contributed by atoms with Crippen LogP contribution >= 0.6 is 22.7 Å². The molecule has 0 radical (unpaired) electrons. The van der Waals surface area contributed by atoms with E-state index in [1.165, 1.54) is 29.4 Å². The van der Waals surface area contributed by atoms with Crippen molar-refractivity contribution in [1.82, 2.24) is 4.90 Å². The van der Waals surface area contributed by atoms with E-state index in [9.17, 15) is 19.6 Å². The number of ether oxygens (including phenoxy) is 1. The number of hydrogen-bond donors (Lipinski definition) is 1. The number of methoxy groups -OCH3 is 1. The third-order valence-electron chi connectivity index (χ3n) is 3.58. The minimum atomic E-state index is -0.669. The highest BCUT2D eigenvalue weighted by molar-refractivity contribution is 7.18. The molecule has 9 heteroatoms. The van der Waals surface area contributed by atoms with Gasteiger partial charge in [-0.2, -0.15) is 16.6 Å². The molecule has 0 aliphatic heterocycles. The van der Waals surface area contributed by atoms with E-state index in [-0.39, 0.29) is 22.0 Å². The van der Waals surface area contributed by atoms with E-state index in [4.69, 9.17) is 4.74 Å². The molecule has 0 aliphatic carbocycles. The van der Waals surface area contributed by atoms with E-state index >= 15 is 0 Å². The Kier molecular flexibility index (Phi) is 6.50. The first-order valence-electron chi connectivity index (χ1n) is 7.68. The predicted octanol–water partition coefficient (Wildman–Crippen LogP) is 3.15. The Bertz CT molecular complexity index is 950. The van der Waals surface area contributed by atoms with Crippen molar-refractivity contribution in [2.24, 2.45) is 0 Å². The van der Waals surface area contributed by atoms with Crippen LogP contribution < -0.4 is 5.32 Å². The lowest BCUT2D eigenvalue weighted by atomic mass is 10.1. The van der Waals surface area contributed by atoms with Crippen molar-refractivity contribution in [3.05, 3.63) is 44.0 Å².